The van der Waals surface area contributed by atoms with Crippen LogP contribution in [0, 0.1) is 13.8 Å². The van der Waals surface area contributed by atoms with Crippen LogP contribution in [0.2, 0.25) is 5.02 Å². The van der Waals surface area contributed by atoms with Crippen molar-refractivity contribution in [1.29, 1.82) is 0 Å². The van der Waals surface area contributed by atoms with Gasteiger partial charge in [-0.05, 0) is 44.4 Å². The maximum Gasteiger partial charge on any atom is 0.230 e. The lowest BCUT2D eigenvalue weighted by atomic mass is 9.84. The standard InChI is InChI=1S/C19H25ClN2O2S/c1-5-19(6-2,15-7-9-16(20)10-8-15)21-18(23)12-25-11-17-13(3)22-24-14(17)4/h7-10H,5-6,11-12H2,1-4H3,(H,21,23). The van der Waals surface area contributed by atoms with Gasteiger partial charge >= 0.3 is 0 Å². The van der Waals surface area contributed by atoms with Crippen LogP contribution in [0.3, 0.4) is 0 Å². The summed E-state index contributed by atoms with van der Waals surface area (Å²) in [5.41, 5.74) is 2.70. The van der Waals surface area contributed by atoms with Crippen molar-refractivity contribution in [3.63, 3.8) is 0 Å². The lowest BCUT2D eigenvalue weighted by Crippen LogP contribution is -2.45. The smallest absolute Gasteiger partial charge is 0.230 e. The Bertz CT molecular complexity index is 689. The van der Waals surface area contributed by atoms with Crippen LogP contribution in [-0.4, -0.2) is 16.8 Å². The Labute approximate surface area is 158 Å². The maximum atomic E-state index is 12.5. The second-order valence-corrected chi connectivity index (χ2v) is 7.56. The summed E-state index contributed by atoms with van der Waals surface area (Å²) in [5, 5.41) is 7.88. The fourth-order valence-electron chi connectivity index (χ4n) is 2.93. The van der Waals surface area contributed by atoms with E-state index < -0.39 is 0 Å². The minimum Gasteiger partial charge on any atom is -0.361 e. The molecule has 0 radical (unpaired) electrons. The third-order valence-corrected chi connectivity index (χ3v) is 5.85. The van der Waals surface area contributed by atoms with Gasteiger partial charge in [0, 0.05) is 16.3 Å². The molecule has 0 aliphatic carbocycles. The highest BCUT2D eigenvalue weighted by Gasteiger charge is 2.30. The van der Waals surface area contributed by atoms with Gasteiger partial charge in [0.1, 0.15) is 5.76 Å². The first-order chi connectivity index (χ1) is 11.9. The van der Waals surface area contributed by atoms with Crippen molar-refractivity contribution >= 4 is 29.3 Å². The molecule has 2 aromatic rings. The van der Waals surface area contributed by atoms with Gasteiger partial charge in [-0.3, -0.25) is 4.79 Å². The van der Waals surface area contributed by atoms with Crippen LogP contribution in [0.5, 0.6) is 0 Å². The zero-order valence-corrected chi connectivity index (χ0v) is 16.8. The van der Waals surface area contributed by atoms with E-state index in [0.29, 0.717) is 10.8 Å². The molecule has 0 spiro atoms. The second-order valence-electron chi connectivity index (χ2n) is 6.14. The first kappa shape index (κ1) is 19.9. The fraction of sp³-hybridized carbons (Fsp3) is 0.474. The Kier molecular flexibility index (Phi) is 6.96. The van der Waals surface area contributed by atoms with Gasteiger partial charge < -0.3 is 9.84 Å². The molecule has 0 atom stereocenters. The predicted octanol–water partition coefficient (Wildman–Crippen LogP) is 5.01. The Morgan fingerprint density at radius 1 is 1.24 bits per heavy atom. The highest BCUT2D eigenvalue weighted by Crippen LogP contribution is 2.30. The summed E-state index contributed by atoms with van der Waals surface area (Å²) in [6.45, 7) is 8.01. The number of rotatable bonds is 8. The Morgan fingerprint density at radius 3 is 2.40 bits per heavy atom. The molecule has 0 unspecified atom stereocenters. The lowest BCUT2D eigenvalue weighted by molar-refractivity contribution is -0.120. The normalized spacial score (nSPS) is 11.6. The van der Waals surface area contributed by atoms with Crippen molar-refractivity contribution < 1.29 is 9.32 Å². The molecule has 4 nitrogen and oxygen atoms in total. The van der Waals surface area contributed by atoms with Crippen molar-refractivity contribution in [3.05, 3.63) is 51.9 Å². The summed E-state index contributed by atoms with van der Waals surface area (Å²) >= 11 is 7.57. The number of aryl methyl sites for hydroxylation is 2. The number of carbonyl (C=O) groups is 1. The molecule has 0 aliphatic rings. The first-order valence-electron chi connectivity index (χ1n) is 8.48. The molecule has 1 aromatic carbocycles. The number of nitrogens with one attached hydrogen (secondary N) is 1. The van der Waals surface area contributed by atoms with Gasteiger partial charge in [0.15, 0.2) is 0 Å². The number of aromatic nitrogens is 1. The number of thioether (sulfide) groups is 1. The van der Waals surface area contributed by atoms with Crippen molar-refractivity contribution in [2.75, 3.05) is 5.75 Å². The lowest BCUT2D eigenvalue weighted by Gasteiger charge is -2.33. The summed E-state index contributed by atoms with van der Waals surface area (Å²) in [6, 6.07) is 7.73. The minimum absolute atomic E-state index is 0.0374. The molecular formula is C19H25ClN2O2S. The van der Waals surface area contributed by atoms with Gasteiger partial charge in [0.05, 0.1) is 17.0 Å². The summed E-state index contributed by atoms with van der Waals surface area (Å²) < 4.78 is 5.16. The molecule has 0 saturated carbocycles. The SMILES string of the molecule is CCC(CC)(NC(=O)CSCc1c(C)noc1C)c1ccc(Cl)cc1. The third-order valence-electron chi connectivity index (χ3n) is 4.64. The highest BCUT2D eigenvalue weighted by atomic mass is 35.5. The molecule has 2 rings (SSSR count). The van der Waals surface area contributed by atoms with E-state index in [9.17, 15) is 4.79 Å². The molecule has 1 aromatic heterocycles. The van der Waals surface area contributed by atoms with E-state index in [1.54, 1.807) is 11.8 Å². The van der Waals surface area contributed by atoms with Crippen LogP contribution in [0.15, 0.2) is 28.8 Å². The van der Waals surface area contributed by atoms with Gasteiger partial charge in [-0.15, -0.1) is 11.8 Å². The van der Waals surface area contributed by atoms with E-state index in [-0.39, 0.29) is 11.4 Å². The summed E-state index contributed by atoms with van der Waals surface area (Å²) in [5.74, 6) is 1.98. The van der Waals surface area contributed by atoms with Gasteiger partial charge in [0.2, 0.25) is 5.91 Å². The fourth-order valence-corrected chi connectivity index (χ4v) is 4.03. The first-order valence-corrected chi connectivity index (χ1v) is 10.0. The molecule has 6 heteroatoms. The molecule has 25 heavy (non-hydrogen) atoms. The van der Waals surface area contributed by atoms with E-state index in [1.807, 2.05) is 38.1 Å². The molecular weight excluding hydrogens is 356 g/mol. The van der Waals surface area contributed by atoms with E-state index >= 15 is 0 Å². The molecule has 136 valence electrons. The van der Waals surface area contributed by atoms with Crippen molar-refractivity contribution in [1.82, 2.24) is 10.5 Å². The van der Waals surface area contributed by atoms with Gasteiger partial charge in [-0.1, -0.05) is 42.7 Å². The third kappa shape index (κ3) is 4.79. The quantitative estimate of drug-likeness (QED) is 0.699. The average molecular weight is 381 g/mol. The predicted molar refractivity (Wildman–Crippen MR) is 104 cm³/mol. The Morgan fingerprint density at radius 2 is 1.88 bits per heavy atom. The number of hydrogen-bond donors (Lipinski definition) is 1. The van der Waals surface area contributed by atoms with Crippen LogP contribution < -0.4 is 5.32 Å². The average Bonchev–Trinajstić information content (AvgIpc) is 2.92. The topological polar surface area (TPSA) is 55.1 Å². The maximum absolute atomic E-state index is 12.5. The van der Waals surface area contributed by atoms with E-state index in [0.717, 1.165) is 41.2 Å². The molecule has 0 saturated heterocycles. The molecule has 1 amide bonds. The number of nitrogens with zero attached hydrogens (tertiary/aromatic N) is 1. The number of carbonyl (C=O) groups excluding carboxylic acids is 1. The molecule has 0 fully saturated rings. The van der Waals surface area contributed by atoms with Gasteiger partial charge in [-0.25, -0.2) is 0 Å². The van der Waals surface area contributed by atoms with Crippen LogP contribution in [0.1, 0.15) is 49.3 Å². The number of benzene rings is 1. The zero-order valence-electron chi connectivity index (χ0n) is 15.2. The second kappa shape index (κ2) is 8.77. The number of hydrogen-bond acceptors (Lipinski definition) is 4. The molecule has 0 bridgehead atoms. The van der Waals surface area contributed by atoms with Crippen LogP contribution in [0.25, 0.3) is 0 Å². The van der Waals surface area contributed by atoms with Crippen molar-refractivity contribution in [2.24, 2.45) is 0 Å². The van der Waals surface area contributed by atoms with Crippen LogP contribution in [-0.2, 0) is 16.1 Å². The minimum atomic E-state index is -0.356. The largest absolute Gasteiger partial charge is 0.361 e. The highest BCUT2D eigenvalue weighted by molar-refractivity contribution is 7.99. The molecule has 1 N–H and O–H groups in total. The summed E-state index contributed by atoms with van der Waals surface area (Å²) in [4.78, 5) is 12.5. The van der Waals surface area contributed by atoms with E-state index in [1.165, 1.54) is 0 Å². The van der Waals surface area contributed by atoms with E-state index in [2.05, 4.69) is 24.3 Å². The van der Waals surface area contributed by atoms with Crippen LogP contribution in [0.4, 0.5) is 0 Å². The van der Waals surface area contributed by atoms with Gasteiger partial charge in [-0.2, -0.15) is 0 Å². The van der Waals surface area contributed by atoms with Gasteiger partial charge in [0.25, 0.3) is 0 Å². The number of amides is 1. The molecule has 1 heterocycles. The number of halogens is 1. The Balaban J connectivity index is 1.99. The zero-order chi connectivity index (χ0) is 18.4. The van der Waals surface area contributed by atoms with Crippen molar-refractivity contribution in [3.8, 4) is 0 Å². The van der Waals surface area contributed by atoms with Crippen LogP contribution >= 0.6 is 23.4 Å². The van der Waals surface area contributed by atoms with E-state index in [4.69, 9.17) is 16.1 Å². The summed E-state index contributed by atoms with van der Waals surface area (Å²) in [7, 11) is 0. The monoisotopic (exact) mass is 380 g/mol. The summed E-state index contributed by atoms with van der Waals surface area (Å²) in [6.07, 6.45) is 1.65. The van der Waals surface area contributed by atoms with Crippen molar-refractivity contribution in [2.45, 2.75) is 51.8 Å². The Hall–Kier alpha value is -1.46. The molecule has 0 aliphatic heterocycles.